The van der Waals surface area contributed by atoms with Crippen LogP contribution < -0.4 is 11.1 Å². The van der Waals surface area contributed by atoms with Crippen LogP contribution in [0.25, 0.3) is 0 Å². The zero-order valence-corrected chi connectivity index (χ0v) is 23.4. The molecule has 4 atom stereocenters. The normalized spacial score (nSPS) is 31.6. The number of nitrogens with zero attached hydrogens (tertiary/aromatic N) is 1. The molecule has 36 heavy (non-hydrogen) atoms. The molecule has 3 N–H and O–H groups in total. The van der Waals surface area contributed by atoms with Crippen molar-refractivity contribution in [2.45, 2.75) is 96.6 Å². The maximum absolute atomic E-state index is 14.0. The van der Waals surface area contributed by atoms with E-state index in [1.54, 1.807) is 4.31 Å². The van der Waals surface area contributed by atoms with Crippen molar-refractivity contribution < 1.29 is 13.2 Å². The lowest BCUT2D eigenvalue weighted by Gasteiger charge is -2.45. The first-order valence-electron chi connectivity index (χ1n) is 14.0. The van der Waals surface area contributed by atoms with Crippen LogP contribution in [-0.2, 0) is 26.7 Å². The standard InChI is InChI=1S/C29H45N3O3S/c1-20(2)17-24(30)26(33)31-25-18-22-10-12-29(25,27(22,3)4)19-36(34,35)32-15-13-28(14-16-32)11-9-21-7-5-6-8-23(21)28/h5-8,20,22,24-25H,9-19,30H2,1-4H3,(H,31,33)/t22-,24-,25+,29-/m1/s1. The van der Waals surface area contributed by atoms with E-state index in [0.29, 0.717) is 31.3 Å². The average molecular weight is 516 g/mol. The molecule has 3 aliphatic carbocycles. The number of rotatable bonds is 7. The van der Waals surface area contributed by atoms with Crippen molar-refractivity contribution in [3.8, 4) is 0 Å². The summed E-state index contributed by atoms with van der Waals surface area (Å²) in [7, 11) is -3.46. The first-order chi connectivity index (χ1) is 16.9. The van der Waals surface area contributed by atoms with E-state index in [4.69, 9.17) is 5.73 Å². The zero-order chi connectivity index (χ0) is 25.9. The summed E-state index contributed by atoms with van der Waals surface area (Å²) >= 11 is 0. The summed E-state index contributed by atoms with van der Waals surface area (Å²) in [5.74, 6) is 0.760. The van der Waals surface area contributed by atoms with Gasteiger partial charge in [-0.05, 0) is 85.2 Å². The van der Waals surface area contributed by atoms with Crippen molar-refractivity contribution in [2.24, 2.45) is 28.4 Å². The number of hydrogen-bond donors (Lipinski definition) is 2. The lowest BCUT2D eigenvalue weighted by atomic mass is 9.69. The summed E-state index contributed by atoms with van der Waals surface area (Å²) < 4.78 is 29.7. The van der Waals surface area contributed by atoms with E-state index in [1.807, 2.05) is 0 Å². The highest BCUT2D eigenvalue weighted by molar-refractivity contribution is 7.89. The van der Waals surface area contributed by atoms with E-state index < -0.39 is 21.5 Å². The Labute approximate surface area is 217 Å². The number of aryl methyl sites for hydroxylation is 1. The van der Waals surface area contributed by atoms with Gasteiger partial charge in [-0.2, -0.15) is 0 Å². The molecule has 1 aromatic carbocycles. The van der Waals surface area contributed by atoms with Crippen molar-refractivity contribution in [3.05, 3.63) is 35.4 Å². The Balaban J connectivity index is 1.32. The fourth-order valence-electron chi connectivity index (χ4n) is 8.41. The number of benzene rings is 1. The zero-order valence-electron chi connectivity index (χ0n) is 22.6. The van der Waals surface area contributed by atoms with Crippen LogP contribution in [0.5, 0.6) is 0 Å². The number of nitrogens with two attached hydrogens (primary N) is 1. The third kappa shape index (κ3) is 4.14. The van der Waals surface area contributed by atoms with E-state index >= 15 is 0 Å². The number of nitrogens with one attached hydrogen (secondary N) is 1. The number of piperidine rings is 1. The Kier molecular flexibility index (Phi) is 6.61. The van der Waals surface area contributed by atoms with Gasteiger partial charge in [-0.15, -0.1) is 0 Å². The molecular weight excluding hydrogens is 470 g/mol. The largest absolute Gasteiger partial charge is 0.351 e. The van der Waals surface area contributed by atoms with Crippen LogP contribution in [0.1, 0.15) is 83.8 Å². The fourth-order valence-corrected chi connectivity index (χ4v) is 10.7. The monoisotopic (exact) mass is 515 g/mol. The Hall–Kier alpha value is -1.44. The second kappa shape index (κ2) is 9.09. The van der Waals surface area contributed by atoms with E-state index in [1.165, 1.54) is 11.1 Å². The number of fused-ring (bicyclic) bond motifs is 4. The molecule has 3 fully saturated rings. The number of sulfonamides is 1. The topological polar surface area (TPSA) is 92.5 Å². The van der Waals surface area contributed by atoms with Gasteiger partial charge in [-0.1, -0.05) is 52.0 Å². The maximum atomic E-state index is 14.0. The SMILES string of the molecule is CC(C)C[C@@H](N)C(=O)N[C@H]1C[C@H]2CC[C@]1(CS(=O)(=O)N1CCC3(CCc4ccccc43)CC1)C2(C)C. The summed E-state index contributed by atoms with van der Waals surface area (Å²) in [6, 6.07) is 8.03. The summed E-state index contributed by atoms with van der Waals surface area (Å²) in [5.41, 5.74) is 8.63. The second-order valence-electron chi connectivity index (χ2n) is 13.2. The van der Waals surface area contributed by atoms with Crippen LogP contribution in [-0.4, -0.2) is 49.6 Å². The van der Waals surface area contributed by atoms with Crippen LogP contribution in [0.15, 0.2) is 24.3 Å². The van der Waals surface area contributed by atoms with Crippen LogP contribution in [0, 0.1) is 22.7 Å². The quantitative estimate of drug-likeness (QED) is 0.575. The molecule has 0 aromatic heterocycles. The highest BCUT2D eigenvalue weighted by Gasteiger charge is 2.66. The van der Waals surface area contributed by atoms with Crippen molar-refractivity contribution in [2.75, 3.05) is 18.8 Å². The second-order valence-corrected chi connectivity index (χ2v) is 15.2. The van der Waals surface area contributed by atoms with Gasteiger partial charge in [0.1, 0.15) is 0 Å². The van der Waals surface area contributed by atoms with Gasteiger partial charge in [0.05, 0.1) is 11.8 Å². The minimum Gasteiger partial charge on any atom is -0.351 e. The molecule has 1 spiro atoms. The molecule has 6 nitrogen and oxygen atoms in total. The smallest absolute Gasteiger partial charge is 0.237 e. The third-order valence-corrected chi connectivity index (χ3v) is 12.8. The molecule has 0 unspecified atom stereocenters. The van der Waals surface area contributed by atoms with Crippen LogP contribution in [0.3, 0.4) is 0 Å². The van der Waals surface area contributed by atoms with E-state index in [-0.39, 0.29) is 28.5 Å². The molecule has 4 aliphatic rings. The molecule has 5 rings (SSSR count). The van der Waals surface area contributed by atoms with Crippen LogP contribution in [0.4, 0.5) is 0 Å². The lowest BCUT2D eigenvalue weighted by molar-refractivity contribution is -0.124. The molecule has 2 bridgehead atoms. The van der Waals surface area contributed by atoms with Gasteiger partial charge >= 0.3 is 0 Å². The molecule has 1 aromatic rings. The molecule has 1 saturated heterocycles. The van der Waals surface area contributed by atoms with Gasteiger partial charge in [0.15, 0.2) is 0 Å². The van der Waals surface area contributed by atoms with E-state index in [9.17, 15) is 13.2 Å². The first-order valence-corrected chi connectivity index (χ1v) is 15.6. The lowest BCUT2D eigenvalue weighted by Crippen LogP contribution is -2.57. The Morgan fingerprint density at radius 1 is 1.14 bits per heavy atom. The predicted molar refractivity (Wildman–Crippen MR) is 144 cm³/mol. The summed E-state index contributed by atoms with van der Waals surface area (Å²) in [6.45, 7) is 9.76. The summed E-state index contributed by atoms with van der Waals surface area (Å²) in [6.07, 6.45) is 7.38. The number of amides is 1. The highest BCUT2D eigenvalue weighted by atomic mass is 32.2. The van der Waals surface area contributed by atoms with E-state index in [2.05, 4.69) is 57.3 Å². The number of carbonyl (C=O) groups excluding carboxylic acids is 1. The summed E-state index contributed by atoms with van der Waals surface area (Å²) in [4.78, 5) is 13.0. The third-order valence-electron chi connectivity index (χ3n) is 10.8. The van der Waals surface area contributed by atoms with Gasteiger partial charge in [-0.3, -0.25) is 4.79 Å². The molecule has 0 radical (unpaired) electrons. The average Bonchev–Trinajstić information content (AvgIpc) is 3.35. The molecule has 1 heterocycles. The fraction of sp³-hybridized carbons (Fsp3) is 0.759. The minimum absolute atomic E-state index is 0.122. The predicted octanol–water partition coefficient (Wildman–Crippen LogP) is 3.98. The van der Waals surface area contributed by atoms with Gasteiger partial charge in [-0.25, -0.2) is 12.7 Å². The molecule has 200 valence electrons. The van der Waals surface area contributed by atoms with Crippen LogP contribution in [0.2, 0.25) is 0 Å². The number of carbonyl (C=O) groups is 1. The van der Waals surface area contributed by atoms with Crippen molar-refractivity contribution >= 4 is 15.9 Å². The van der Waals surface area contributed by atoms with E-state index in [0.717, 1.165) is 44.9 Å². The van der Waals surface area contributed by atoms with Gasteiger partial charge in [0, 0.05) is 24.5 Å². The number of hydrogen-bond acceptors (Lipinski definition) is 4. The van der Waals surface area contributed by atoms with Crippen molar-refractivity contribution in [1.29, 1.82) is 0 Å². The summed E-state index contributed by atoms with van der Waals surface area (Å²) in [5, 5.41) is 3.24. The Morgan fingerprint density at radius 3 is 2.50 bits per heavy atom. The molecule has 7 heteroatoms. The maximum Gasteiger partial charge on any atom is 0.237 e. The molecular formula is C29H45N3O3S. The Bertz CT molecular complexity index is 1110. The van der Waals surface area contributed by atoms with Gasteiger partial charge in [0.2, 0.25) is 15.9 Å². The van der Waals surface area contributed by atoms with Gasteiger partial charge in [0.25, 0.3) is 0 Å². The molecule has 1 amide bonds. The highest BCUT2D eigenvalue weighted by Crippen LogP contribution is 2.66. The first kappa shape index (κ1) is 26.2. The Morgan fingerprint density at radius 2 is 1.83 bits per heavy atom. The molecule has 2 saturated carbocycles. The van der Waals surface area contributed by atoms with Crippen molar-refractivity contribution in [3.63, 3.8) is 0 Å². The van der Waals surface area contributed by atoms with Crippen molar-refractivity contribution in [1.82, 2.24) is 9.62 Å². The molecule has 1 aliphatic heterocycles. The van der Waals surface area contributed by atoms with Crippen LogP contribution >= 0.6 is 0 Å². The van der Waals surface area contributed by atoms with Gasteiger partial charge < -0.3 is 11.1 Å². The minimum atomic E-state index is -3.46.